The van der Waals surface area contributed by atoms with Crippen molar-refractivity contribution in [2.75, 3.05) is 13.6 Å². The average Bonchev–Trinajstić information content (AvgIpc) is 2.48. The second-order valence-corrected chi connectivity index (χ2v) is 5.68. The van der Waals surface area contributed by atoms with Gasteiger partial charge in [-0.2, -0.15) is 0 Å². The molecule has 1 aliphatic rings. The monoisotopic (exact) mass is 310 g/mol. The maximum absolute atomic E-state index is 12.5. The molecule has 0 saturated carbocycles. The van der Waals surface area contributed by atoms with Gasteiger partial charge in [-0.15, -0.1) is 0 Å². The van der Waals surface area contributed by atoms with Gasteiger partial charge in [0.2, 0.25) is 0 Å². The normalized spacial score (nSPS) is 18.4. The van der Waals surface area contributed by atoms with Crippen molar-refractivity contribution in [3.8, 4) is 0 Å². The van der Waals surface area contributed by atoms with Crippen LogP contribution in [0.15, 0.2) is 24.3 Å². The van der Waals surface area contributed by atoms with E-state index in [0.29, 0.717) is 24.5 Å². The molecular formula is C15H19ClN2O3. The van der Waals surface area contributed by atoms with Crippen LogP contribution >= 0.6 is 11.6 Å². The number of halogens is 1. The van der Waals surface area contributed by atoms with Crippen LogP contribution in [0.3, 0.4) is 0 Å². The van der Waals surface area contributed by atoms with Crippen LogP contribution in [0.2, 0.25) is 5.02 Å². The van der Waals surface area contributed by atoms with Crippen LogP contribution in [-0.4, -0.2) is 46.5 Å². The van der Waals surface area contributed by atoms with Crippen molar-refractivity contribution in [2.24, 2.45) is 0 Å². The van der Waals surface area contributed by atoms with Crippen LogP contribution in [-0.2, 0) is 11.3 Å². The van der Waals surface area contributed by atoms with Crippen LogP contribution in [0.1, 0.15) is 24.8 Å². The molecule has 114 valence electrons. The van der Waals surface area contributed by atoms with Gasteiger partial charge in [-0.1, -0.05) is 29.8 Å². The number of urea groups is 1. The van der Waals surface area contributed by atoms with E-state index in [-0.39, 0.29) is 6.03 Å². The number of rotatable bonds is 3. The number of carbonyl (C=O) groups excluding carboxylic acids is 1. The van der Waals surface area contributed by atoms with E-state index in [1.54, 1.807) is 13.1 Å². The Morgan fingerprint density at radius 3 is 2.76 bits per heavy atom. The third-order valence-corrected chi connectivity index (χ3v) is 4.09. The number of benzene rings is 1. The lowest BCUT2D eigenvalue weighted by atomic mass is 10.0. The Balaban J connectivity index is 2.07. The number of hydrogen-bond donors (Lipinski definition) is 1. The van der Waals surface area contributed by atoms with Crippen molar-refractivity contribution in [3.63, 3.8) is 0 Å². The Morgan fingerprint density at radius 2 is 2.10 bits per heavy atom. The molecule has 1 aliphatic heterocycles. The largest absolute Gasteiger partial charge is 0.480 e. The van der Waals surface area contributed by atoms with E-state index in [0.717, 1.165) is 18.4 Å². The summed E-state index contributed by atoms with van der Waals surface area (Å²) >= 11 is 6.09. The molecule has 21 heavy (non-hydrogen) atoms. The van der Waals surface area contributed by atoms with E-state index in [4.69, 9.17) is 11.6 Å². The lowest BCUT2D eigenvalue weighted by Gasteiger charge is -2.35. The van der Waals surface area contributed by atoms with Gasteiger partial charge >= 0.3 is 12.0 Å². The number of piperidine rings is 1. The maximum atomic E-state index is 12.5. The highest BCUT2D eigenvalue weighted by Crippen LogP contribution is 2.21. The van der Waals surface area contributed by atoms with Crippen molar-refractivity contribution in [3.05, 3.63) is 34.9 Å². The van der Waals surface area contributed by atoms with Gasteiger partial charge in [0.25, 0.3) is 0 Å². The maximum Gasteiger partial charge on any atom is 0.326 e. The van der Waals surface area contributed by atoms with Gasteiger partial charge in [0.15, 0.2) is 0 Å². The van der Waals surface area contributed by atoms with Gasteiger partial charge in [0.1, 0.15) is 6.04 Å². The zero-order valence-corrected chi connectivity index (χ0v) is 12.7. The lowest BCUT2D eigenvalue weighted by molar-refractivity contribution is -0.143. The highest BCUT2D eigenvalue weighted by Gasteiger charge is 2.33. The number of carboxylic acids is 1. The van der Waals surface area contributed by atoms with Gasteiger partial charge in [-0.05, 0) is 30.9 Å². The molecule has 2 amide bonds. The summed E-state index contributed by atoms with van der Waals surface area (Å²) in [7, 11) is 1.67. The van der Waals surface area contributed by atoms with Crippen molar-refractivity contribution >= 4 is 23.6 Å². The van der Waals surface area contributed by atoms with Gasteiger partial charge in [0, 0.05) is 25.2 Å². The molecule has 6 heteroatoms. The minimum Gasteiger partial charge on any atom is -0.480 e. The smallest absolute Gasteiger partial charge is 0.326 e. The van der Waals surface area contributed by atoms with Crippen LogP contribution in [0.4, 0.5) is 4.79 Å². The number of likely N-dealkylation sites (tertiary alicyclic amines) is 1. The highest BCUT2D eigenvalue weighted by molar-refractivity contribution is 6.31. The Hall–Kier alpha value is -1.75. The van der Waals surface area contributed by atoms with Crippen LogP contribution < -0.4 is 0 Å². The molecular weight excluding hydrogens is 292 g/mol. The standard InChI is InChI=1S/C15H19ClN2O3/c1-17(10-11-6-2-3-7-12(11)16)15(21)18-9-5-4-8-13(18)14(19)20/h2-3,6-7,13H,4-5,8-10H2,1H3,(H,19,20). The molecule has 0 spiro atoms. The zero-order chi connectivity index (χ0) is 15.4. The summed E-state index contributed by atoms with van der Waals surface area (Å²) in [5, 5.41) is 9.84. The van der Waals surface area contributed by atoms with Crippen molar-refractivity contribution in [2.45, 2.75) is 31.8 Å². The third-order valence-electron chi connectivity index (χ3n) is 3.73. The van der Waals surface area contributed by atoms with Gasteiger partial charge in [-0.25, -0.2) is 9.59 Å². The van der Waals surface area contributed by atoms with Crippen LogP contribution in [0.25, 0.3) is 0 Å². The molecule has 0 radical (unpaired) electrons. The van der Waals surface area contributed by atoms with Crippen LogP contribution in [0, 0.1) is 0 Å². The predicted octanol–water partition coefficient (Wildman–Crippen LogP) is 2.83. The van der Waals surface area contributed by atoms with Gasteiger partial charge in [-0.3, -0.25) is 0 Å². The first-order valence-electron chi connectivity index (χ1n) is 6.98. The minimum absolute atomic E-state index is 0.262. The second kappa shape index (κ2) is 6.80. The van der Waals surface area contributed by atoms with Crippen LogP contribution in [0.5, 0.6) is 0 Å². The number of amides is 2. The minimum atomic E-state index is -0.936. The topological polar surface area (TPSA) is 60.9 Å². The lowest BCUT2D eigenvalue weighted by Crippen LogP contribution is -2.52. The Morgan fingerprint density at radius 1 is 1.38 bits per heavy atom. The average molecular weight is 311 g/mol. The van der Waals surface area contributed by atoms with Gasteiger partial charge in [0.05, 0.1) is 0 Å². The predicted molar refractivity (Wildman–Crippen MR) is 80.3 cm³/mol. The number of carbonyl (C=O) groups is 2. The van der Waals surface area contributed by atoms with E-state index in [2.05, 4.69) is 0 Å². The molecule has 1 fully saturated rings. The van der Waals surface area contributed by atoms with E-state index < -0.39 is 12.0 Å². The molecule has 1 N–H and O–H groups in total. The first-order chi connectivity index (χ1) is 10.0. The van der Waals surface area contributed by atoms with E-state index in [1.807, 2.05) is 18.2 Å². The Bertz CT molecular complexity index is 535. The molecule has 0 aromatic heterocycles. The molecule has 1 saturated heterocycles. The summed E-state index contributed by atoms with van der Waals surface area (Å²) in [6, 6.07) is 6.34. The first kappa shape index (κ1) is 15.6. The second-order valence-electron chi connectivity index (χ2n) is 5.27. The molecule has 0 aliphatic carbocycles. The quantitative estimate of drug-likeness (QED) is 0.934. The number of aliphatic carboxylic acids is 1. The molecule has 1 aromatic rings. The summed E-state index contributed by atoms with van der Waals surface area (Å²) < 4.78 is 0. The van der Waals surface area contributed by atoms with E-state index >= 15 is 0 Å². The summed E-state index contributed by atoms with van der Waals surface area (Å²) in [4.78, 5) is 26.7. The third kappa shape index (κ3) is 3.67. The number of carboxylic acid groups (broad SMARTS) is 1. The molecule has 5 nitrogen and oxygen atoms in total. The molecule has 1 heterocycles. The van der Waals surface area contributed by atoms with Crippen molar-refractivity contribution < 1.29 is 14.7 Å². The Labute approximate surface area is 129 Å². The van der Waals surface area contributed by atoms with Crippen molar-refractivity contribution in [1.29, 1.82) is 0 Å². The van der Waals surface area contributed by atoms with Gasteiger partial charge < -0.3 is 14.9 Å². The molecule has 2 rings (SSSR count). The fourth-order valence-electron chi connectivity index (χ4n) is 2.59. The van der Waals surface area contributed by atoms with Crippen molar-refractivity contribution in [1.82, 2.24) is 9.80 Å². The SMILES string of the molecule is CN(Cc1ccccc1Cl)C(=O)N1CCCCC1C(=O)O. The molecule has 1 atom stereocenters. The summed E-state index contributed by atoms with van der Waals surface area (Å²) in [6.07, 6.45) is 2.20. The highest BCUT2D eigenvalue weighted by atomic mass is 35.5. The van der Waals surface area contributed by atoms with E-state index in [1.165, 1.54) is 9.80 Å². The summed E-state index contributed by atoms with van der Waals surface area (Å²) in [5.41, 5.74) is 0.846. The molecule has 1 unspecified atom stereocenters. The fraction of sp³-hybridized carbons (Fsp3) is 0.467. The number of hydrogen-bond acceptors (Lipinski definition) is 2. The molecule has 0 bridgehead atoms. The Kier molecular flexibility index (Phi) is 5.07. The van der Waals surface area contributed by atoms with E-state index in [9.17, 15) is 14.7 Å². The zero-order valence-electron chi connectivity index (χ0n) is 12.0. The number of nitrogens with zero attached hydrogens (tertiary/aromatic N) is 2. The molecule has 1 aromatic carbocycles. The summed E-state index contributed by atoms with van der Waals surface area (Å²) in [5.74, 6) is -0.936. The fourth-order valence-corrected chi connectivity index (χ4v) is 2.78. The first-order valence-corrected chi connectivity index (χ1v) is 7.36. The summed E-state index contributed by atoms with van der Waals surface area (Å²) in [6.45, 7) is 0.851.